The number of hydrogen-bond acceptors (Lipinski definition) is 1. The fraction of sp³-hybridized carbons (Fsp3) is 0.538. The van der Waals surface area contributed by atoms with Crippen LogP contribution in [0.2, 0.25) is 0 Å². The fourth-order valence-corrected chi connectivity index (χ4v) is 2.30. The van der Waals surface area contributed by atoms with E-state index >= 15 is 0 Å². The molecule has 0 spiro atoms. The second-order valence-electron chi connectivity index (χ2n) is 4.31. The Labute approximate surface area is 101 Å². The van der Waals surface area contributed by atoms with Gasteiger partial charge in [0.2, 0.25) is 0 Å². The van der Waals surface area contributed by atoms with Gasteiger partial charge in [-0.25, -0.2) is 0 Å². The maximum atomic E-state index is 3.54. The minimum absolute atomic E-state index is 0.729. The predicted octanol–water partition coefficient (Wildman–Crippen LogP) is 4.52. The van der Waals surface area contributed by atoms with E-state index in [1.54, 1.807) is 0 Å². The van der Waals surface area contributed by atoms with Gasteiger partial charge in [0.1, 0.15) is 0 Å². The van der Waals surface area contributed by atoms with Crippen LogP contribution in [0.4, 0.5) is 5.69 Å². The second-order valence-corrected chi connectivity index (χ2v) is 5.22. The standard InChI is InChI=1S/C13H20BrN/c1-5-9(2)8-15-13-10(3)6-12(14)7-11(13)4/h6-7,9,15H,5,8H2,1-4H3. The number of halogens is 1. The largest absolute Gasteiger partial charge is 0.384 e. The quantitative estimate of drug-likeness (QED) is 0.847. The van der Waals surface area contributed by atoms with Crippen molar-refractivity contribution in [3.05, 3.63) is 27.7 Å². The molecule has 1 rings (SSSR count). The van der Waals surface area contributed by atoms with Crippen molar-refractivity contribution >= 4 is 21.6 Å². The van der Waals surface area contributed by atoms with E-state index in [1.807, 2.05) is 0 Å². The molecule has 0 aliphatic heterocycles. The Morgan fingerprint density at radius 2 is 1.80 bits per heavy atom. The molecule has 1 aromatic carbocycles. The topological polar surface area (TPSA) is 12.0 Å². The Hall–Kier alpha value is -0.500. The van der Waals surface area contributed by atoms with E-state index in [-0.39, 0.29) is 0 Å². The summed E-state index contributed by atoms with van der Waals surface area (Å²) < 4.78 is 1.16. The molecule has 0 aliphatic rings. The molecular formula is C13H20BrN. The summed E-state index contributed by atoms with van der Waals surface area (Å²) in [5.74, 6) is 0.729. The summed E-state index contributed by atoms with van der Waals surface area (Å²) in [4.78, 5) is 0. The molecule has 0 saturated carbocycles. The normalized spacial score (nSPS) is 12.6. The molecule has 0 bridgehead atoms. The van der Waals surface area contributed by atoms with Crippen LogP contribution in [0.5, 0.6) is 0 Å². The molecule has 0 aliphatic carbocycles. The van der Waals surface area contributed by atoms with E-state index in [0.29, 0.717) is 0 Å². The van der Waals surface area contributed by atoms with Crippen LogP contribution in [-0.2, 0) is 0 Å². The zero-order chi connectivity index (χ0) is 11.4. The third-order valence-electron chi connectivity index (χ3n) is 2.82. The molecule has 15 heavy (non-hydrogen) atoms. The highest BCUT2D eigenvalue weighted by molar-refractivity contribution is 9.10. The maximum absolute atomic E-state index is 3.54. The van der Waals surface area contributed by atoms with Crippen LogP contribution in [-0.4, -0.2) is 6.54 Å². The maximum Gasteiger partial charge on any atom is 0.0400 e. The van der Waals surface area contributed by atoms with Gasteiger partial charge in [-0.05, 0) is 43.0 Å². The van der Waals surface area contributed by atoms with E-state index in [2.05, 4.69) is 61.1 Å². The third-order valence-corrected chi connectivity index (χ3v) is 3.28. The number of anilines is 1. The molecule has 0 aromatic heterocycles. The van der Waals surface area contributed by atoms with E-state index < -0.39 is 0 Å². The van der Waals surface area contributed by atoms with Crippen molar-refractivity contribution < 1.29 is 0 Å². The van der Waals surface area contributed by atoms with Crippen LogP contribution >= 0.6 is 15.9 Å². The molecule has 84 valence electrons. The van der Waals surface area contributed by atoms with Gasteiger partial charge in [-0.2, -0.15) is 0 Å². The van der Waals surface area contributed by atoms with E-state index in [1.165, 1.54) is 23.2 Å². The number of benzene rings is 1. The highest BCUT2D eigenvalue weighted by Gasteiger charge is 2.05. The van der Waals surface area contributed by atoms with Crippen molar-refractivity contribution in [1.29, 1.82) is 0 Å². The SMILES string of the molecule is CCC(C)CNc1c(C)cc(Br)cc1C. The lowest BCUT2D eigenvalue weighted by atomic mass is 10.1. The third kappa shape index (κ3) is 3.53. The summed E-state index contributed by atoms with van der Waals surface area (Å²) in [6.07, 6.45) is 1.22. The van der Waals surface area contributed by atoms with Crippen LogP contribution < -0.4 is 5.32 Å². The first kappa shape index (κ1) is 12.6. The van der Waals surface area contributed by atoms with Crippen LogP contribution in [0.15, 0.2) is 16.6 Å². The van der Waals surface area contributed by atoms with Gasteiger partial charge in [-0.15, -0.1) is 0 Å². The number of hydrogen-bond donors (Lipinski definition) is 1. The van der Waals surface area contributed by atoms with Gasteiger partial charge >= 0.3 is 0 Å². The van der Waals surface area contributed by atoms with E-state index in [4.69, 9.17) is 0 Å². The van der Waals surface area contributed by atoms with Crippen molar-refractivity contribution in [2.45, 2.75) is 34.1 Å². The van der Waals surface area contributed by atoms with Gasteiger partial charge in [0.25, 0.3) is 0 Å². The number of aryl methyl sites for hydroxylation is 2. The number of rotatable bonds is 4. The van der Waals surface area contributed by atoms with Crippen molar-refractivity contribution in [3.8, 4) is 0 Å². The molecule has 2 heteroatoms. The van der Waals surface area contributed by atoms with Gasteiger partial charge in [0.05, 0.1) is 0 Å². The van der Waals surface area contributed by atoms with Crippen LogP contribution in [0.1, 0.15) is 31.4 Å². The molecule has 0 amide bonds. The lowest BCUT2D eigenvalue weighted by Gasteiger charge is -2.16. The Bertz CT molecular complexity index is 310. The Balaban J connectivity index is 2.77. The van der Waals surface area contributed by atoms with Gasteiger partial charge in [0.15, 0.2) is 0 Å². The lowest BCUT2D eigenvalue weighted by molar-refractivity contribution is 0.593. The van der Waals surface area contributed by atoms with E-state index in [9.17, 15) is 0 Å². The van der Waals surface area contributed by atoms with Crippen LogP contribution in [0, 0.1) is 19.8 Å². The minimum atomic E-state index is 0.729. The molecule has 0 radical (unpaired) electrons. The zero-order valence-electron chi connectivity index (χ0n) is 10.0. The summed E-state index contributed by atoms with van der Waals surface area (Å²) in [6.45, 7) is 9.86. The Morgan fingerprint density at radius 1 is 1.27 bits per heavy atom. The summed E-state index contributed by atoms with van der Waals surface area (Å²) in [5, 5.41) is 3.54. The van der Waals surface area contributed by atoms with Gasteiger partial charge in [-0.3, -0.25) is 0 Å². The average Bonchev–Trinajstić information content (AvgIpc) is 2.15. The molecule has 0 saturated heterocycles. The molecule has 1 N–H and O–H groups in total. The molecule has 1 nitrogen and oxygen atoms in total. The molecule has 1 unspecified atom stereocenters. The fourth-order valence-electron chi connectivity index (χ4n) is 1.61. The van der Waals surface area contributed by atoms with Gasteiger partial charge < -0.3 is 5.32 Å². The highest BCUT2D eigenvalue weighted by Crippen LogP contribution is 2.25. The van der Waals surface area contributed by atoms with Crippen molar-refractivity contribution in [2.24, 2.45) is 5.92 Å². The van der Waals surface area contributed by atoms with Gasteiger partial charge in [-0.1, -0.05) is 36.2 Å². The Morgan fingerprint density at radius 3 is 2.27 bits per heavy atom. The van der Waals surface area contributed by atoms with Crippen molar-refractivity contribution in [3.63, 3.8) is 0 Å². The Kier molecular flexibility index (Phi) is 4.65. The minimum Gasteiger partial charge on any atom is -0.384 e. The molecule has 1 aromatic rings. The van der Waals surface area contributed by atoms with Gasteiger partial charge in [0, 0.05) is 16.7 Å². The van der Waals surface area contributed by atoms with Crippen LogP contribution in [0.25, 0.3) is 0 Å². The summed E-state index contributed by atoms with van der Waals surface area (Å²) >= 11 is 3.51. The summed E-state index contributed by atoms with van der Waals surface area (Å²) in [5.41, 5.74) is 3.91. The monoisotopic (exact) mass is 269 g/mol. The lowest BCUT2D eigenvalue weighted by Crippen LogP contribution is -2.12. The smallest absolute Gasteiger partial charge is 0.0400 e. The predicted molar refractivity (Wildman–Crippen MR) is 71.6 cm³/mol. The highest BCUT2D eigenvalue weighted by atomic mass is 79.9. The van der Waals surface area contributed by atoms with Crippen LogP contribution in [0.3, 0.4) is 0 Å². The zero-order valence-corrected chi connectivity index (χ0v) is 11.6. The van der Waals surface area contributed by atoms with Crippen molar-refractivity contribution in [2.75, 3.05) is 11.9 Å². The first-order valence-electron chi connectivity index (χ1n) is 5.55. The number of nitrogens with one attached hydrogen (secondary N) is 1. The summed E-state index contributed by atoms with van der Waals surface area (Å²) in [6, 6.07) is 4.32. The molecular weight excluding hydrogens is 250 g/mol. The van der Waals surface area contributed by atoms with E-state index in [0.717, 1.165) is 16.9 Å². The first-order chi connectivity index (χ1) is 7.04. The average molecular weight is 270 g/mol. The summed E-state index contributed by atoms with van der Waals surface area (Å²) in [7, 11) is 0. The first-order valence-corrected chi connectivity index (χ1v) is 6.34. The second kappa shape index (κ2) is 5.55. The molecule has 0 heterocycles. The van der Waals surface area contributed by atoms with Crippen molar-refractivity contribution in [1.82, 2.24) is 0 Å². The molecule has 0 fully saturated rings. The molecule has 1 atom stereocenters.